The van der Waals surface area contributed by atoms with Gasteiger partial charge in [0.25, 0.3) is 0 Å². The smallest absolute Gasteiger partial charge is 0.240 e. The molecule has 3 rings (SSSR count). The fraction of sp³-hybridized carbons (Fsp3) is 0.867. The van der Waals surface area contributed by atoms with E-state index in [1.807, 2.05) is 4.90 Å². The normalized spacial score (nSPS) is 37.2. The third-order valence-electron chi connectivity index (χ3n) is 5.33. The molecule has 3 aliphatic rings. The van der Waals surface area contributed by atoms with E-state index in [1.165, 1.54) is 6.42 Å². The Hall–Kier alpha value is -1.14. The Morgan fingerprint density at radius 1 is 1.33 bits per heavy atom. The van der Waals surface area contributed by atoms with Crippen molar-refractivity contribution in [3.05, 3.63) is 0 Å². The number of hydrazine groups is 1. The number of nitrogens with zero attached hydrogens (tertiary/aromatic N) is 2. The van der Waals surface area contributed by atoms with Crippen LogP contribution in [0.2, 0.25) is 0 Å². The Labute approximate surface area is 126 Å². The molecule has 0 radical (unpaired) electrons. The van der Waals surface area contributed by atoms with Crippen molar-refractivity contribution in [2.45, 2.75) is 45.2 Å². The Morgan fingerprint density at radius 3 is 2.86 bits per heavy atom. The molecule has 0 aromatic heterocycles. The molecule has 3 aliphatic heterocycles. The zero-order valence-corrected chi connectivity index (χ0v) is 13.0. The molecular weight excluding hydrogens is 268 g/mol. The van der Waals surface area contributed by atoms with Gasteiger partial charge in [-0.2, -0.15) is 0 Å². The van der Waals surface area contributed by atoms with Gasteiger partial charge in [-0.25, -0.2) is 5.43 Å². The summed E-state index contributed by atoms with van der Waals surface area (Å²) in [5, 5.41) is 0. The fourth-order valence-electron chi connectivity index (χ4n) is 3.96. The van der Waals surface area contributed by atoms with Crippen LogP contribution in [0.15, 0.2) is 0 Å². The minimum atomic E-state index is -0.122. The molecule has 0 aliphatic carbocycles. The van der Waals surface area contributed by atoms with Crippen molar-refractivity contribution < 1.29 is 9.59 Å². The van der Waals surface area contributed by atoms with Gasteiger partial charge in [0.2, 0.25) is 11.8 Å². The number of amides is 2. The standard InChI is InChI=1S/C15H26N4O2/c1-3-18-8-11-13(16-17-14(11)20)12(9-18)15(21)19-7-5-4-6-10(19)2/h10-13,16H,3-9H2,1-2H3,(H,17,20). The summed E-state index contributed by atoms with van der Waals surface area (Å²) >= 11 is 0. The lowest BCUT2D eigenvalue weighted by Gasteiger charge is -2.42. The molecule has 0 spiro atoms. The van der Waals surface area contributed by atoms with E-state index in [-0.39, 0.29) is 29.7 Å². The number of carbonyl (C=O) groups excluding carboxylic acids is 2. The van der Waals surface area contributed by atoms with Crippen LogP contribution < -0.4 is 10.9 Å². The maximum absolute atomic E-state index is 13.0. The lowest BCUT2D eigenvalue weighted by Crippen LogP contribution is -2.59. The summed E-state index contributed by atoms with van der Waals surface area (Å²) in [7, 11) is 0. The summed E-state index contributed by atoms with van der Waals surface area (Å²) in [5.74, 6) is 0.0259. The van der Waals surface area contributed by atoms with Crippen LogP contribution in [0.3, 0.4) is 0 Å². The predicted molar refractivity (Wildman–Crippen MR) is 79.2 cm³/mol. The highest BCUT2D eigenvalue weighted by Gasteiger charge is 2.48. The highest BCUT2D eigenvalue weighted by Crippen LogP contribution is 2.29. The lowest BCUT2D eigenvalue weighted by atomic mass is 9.83. The van der Waals surface area contributed by atoms with Crippen LogP contribution in [0.1, 0.15) is 33.1 Å². The molecule has 4 unspecified atom stereocenters. The second kappa shape index (κ2) is 5.93. The molecule has 3 fully saturated rings. The molecular formula is C15H26N4O2. The largest absolute Gasteiger partial charge is 0.340 e. The summed E-state index contributed by atoms with van der Waals surface area (Å²) in [6.45, 7) is 7.48. The molecule has 4 atom stereocenters. The van der Waals surface area contributed by atoms with Crippen molar-refractivity contribution in [2.75, 3.05) is 26.2 Å². The first-order valence-corrected chi connectivity index (χ1v) is 8.20. The first-order valence-electron chi connectivity index (χ1n) is 8.20. The van der Waals surface area contributed by atoms with E-state index in [2.05, 4.69) is 29.6 Å². The van der Waals surface area contributed by atoms with Gasteiger partial charge in [0.1, 0.15) is 0 Å². The molecule has 3 saturated heterocycles. The van der Waals surface area contributed by atoms with Gasteiger partial charge < -0.3 is 9.80 Å². The van der Waals surface area contributed by atoms with Crippen LogP contribution in [0.5, 0.6) is 0 Å². The van der Waals surface area contributed by atoms with E-state index in [0.717, 1.165) is 39.0 Å². The number of likely N-dealkylation sites (tertiary alicyclic amines) is 2. The average molecular weight is 294 g/mol. The fourth-order valence-corrected chi connectivity index (χ4v) is 3.96. The van der Waals surface area contributed by atoms with E-state index in [0.29, 0.717) is 6.04 Å². The topological polar surface area (TPSA) is 64.7 Å². The molecule has 21 heavy (non-hydrogen) atoms. The zero-order chi connectivity index (χ0) is 15.0. The van der Waals surface area contributed by atoms with Crippen molar-refractivity contribution in [1.82, 2.24) is 20.7 Å². The number of hydrogen-bond donors (Lipinski definition) is 2. The summed E-state index contributed by atoms with van der Waals surface area (Å²) in [6, 6.07) is 0.272. The number of fused-ring (bicyclic) bond motifs is 1. The lowest BCUT2D eigenvalue weighted by molar-refractivity contribution is -0.142. The first-order chi connectivity index (χ1) is 10.1. The molecule has 3 heterocycles. The average Bonchev–Trinajstić information content (AvgIpc) is 2.87. The number of hydrogen-bond acceptors (Lipinski definition) is 4. The minimum absolute atomic E-state index is 0.0302. The number of carbonyl (C=O) groups is 2. The molecule has 0 aromatic carbocycles. The summed E-state index contributed by atoms with van der Waals surface area (Å²) in [4.78, 5) is 29.2. The van der Waals surface area contributed by atoms with Gasteiger partial charge in [-0.3, -0.25) is 15.0 Å². The third kappa shape index (κ3) is 2.66. The van der Waals surface area contributed by atoms with Crippen LogP contribution in [0.25, 0.3) is 0 Å². The van der Waals surface area contributed by atoms with Gasteiger partial charge >= 0.3 is 0 Å². The van der Waals surface area contributed by atoms with E-state index >= 15 is 0 Å². The summed E-state index contributed by atoms with van der Waals surface area (Å²) in [5.41, 5.74) is 5.78. The monoisotopic (exact) mass is 294 g/mol. The van der Waals surface area contributed by atoms with Gasteiger partial charge in [0.05, 0.1) is 17.9 Å². The molecule has 6 heteroatoms. The third-order valence-corrected chi connectivity index (χ3v) is 5.33. The van der Waals surface area contributed by atoms with Crippen LogP contribution in [-0.4, -0.2) is 59.9 Å². The Balaban J connectivity index is 1.78. The highest BCUT2D eigenvalue weighted by molar-refractivity contribution is 5.86. The van der Waals surface area contributed by atoms with E-state index < -0.39 is 0 Å². The molecule has 0 bridgehead atoms. The Kier molecular flexibility index (Phi) is 4.17. The quantitative estimate of drug-likeness (QED) is 0.750. The van der Waals surface area contributed by atoms with Crippen molar-refractivity contribution in [2.24, 2.45) is 11.8 Å². The first kappa shape index (κ1) is 14.8. The van der Waals surface area contributed by atoms with Gasteiger partial charge in [-0.1, -0.05) is 6.92 Å². The van der Waals surface area contributed by atoms with Gasteiger partial charge in [-0.05, 0) is 32.7 Å². The molecule has 0 saturated carbocycles. The summed E-state index contributed by atoms with van der Waals surface area (Å²) in [6.07, 6.45) is 3.40. The maximum Gasteiger partial charge on any atom is 0.240 e. The molecule has 118 valence electrons. The van der Waals surface area contributed by atoms with Crippen molar-refractivity contribution >= 4 is 11.8 Å². The van der Waals surface area contributed by atoms with E-state index in [9.17, 15) is 9.59 Å². The second-order valence-corrected chi connectivity index (χ2v) is 6.60. The van der Waals surface area contributed by atoms with Crippen molar-refractivity contribution in [1.29, 1.82) is 0 Å². The predicted octanol–water partition coefficient (Wildman–Crippen LogP) is -0.0417. The highest BCUT2D eigenvalue weighted by atomic mass is 16.2. The van der Waals surface area contributed by atoms with Gasteiger partial charge in [0, 0.05) is 25.7 Å². The van der Waals surface area contributed by atoms with Crippen LogP contribution in [0.4, 0.5) is 0 Å². The molecule has 2 N–H and O–H groups in total. The van der Waals surface area contributed by atoms with Gasteiger partial charge in [-0.15, -0.1) is 0 Å². The molecule has 0 aromatic rings. The van der Waals surface area contributed by atoms with Crippen LogP contribution in [0, 0.1) is 11.8 Å². The molecule has 2 amide bonds. The van der Waals surface area contributed by atoms with Gasteiger partial charge in [0.15, 0.2) is 0 Å². The van der Waals surface area contributed by atoms with Crippen LogP contribution >= 0.6 is 0 Å². The number of piperidine rings is 2. The Morgan fingerprint density at radius 2 is 2.14 bits per heavy atom. The SMILES string of the molecule is CCN1CC2C(=O)NNC2C(C(=O)N2CCCCC2C)C1. The Bertz CT molecular complexity index is 428. The number of nitrogens with one attached hydrogen (secondary N) is 2. The second-order valence-electron chi connectivity index (χ2n) is 6.60. The van der Waals surface area contributed by atoms with Crippen molar-refractivity contribution in [3.63, 3.8) is 0 Å². The van der Waals surface area contributed by atoms with E-state index in [4.69, 9.17) is 0 Å². The summed E-state index contributed by atoms with van der Waals surface area (Å²) < 4.78 is 0. The van der Waals surface area contributed by atoms with Crippen LogP contribution in [-0.2, 0) is 9.59 Å². The molecule has 6 nitrogen and oxygen atoms in total. The van der Waals surface area contributed by atoms with E-state index in [1.54, 1.807) is 0 Å². The zero-order valence-electron chi connectivity index (χ0n) is 13.0. The number of rotatable bonds is 2. The minimum Gasteiger partial charge on any atom is -0.340 e. The maximum atomic E-state index is 13.0. The van der Waals surface area contributed by atoms with Crippen molar-refractivity contribution in [3.8, 4) is 0 Å².